The first-order valence-electron chi connectivity index (χ1n) is 13.5. The van der Waals surface area contributed by atoms with Crippen molar-refractivity contribution in [3.8, 4) is 16.8 Å². The van der Waals surface area contributed by atoms with Crippen molar-refractivity contribution in [3.63, 3.8) is 0 Å². The lowest BCUT2D eigenvalue weighted by atomic mass is 9.98. The molecule has 0 aliphatic rings. The SMILES string of the molecule is [C-]#[N+]c1ccc2c(c1)c1cc(-c3cccc4sc5ccccc5c34)ccc1n2-c1ccc2oc3ccccc3c2c1. The normalized spacial score (nSPS) is 11.9. The van der Waals surface area contributed by atoms with E-state index in [9.17, 15) is 0 Å². The van der Waals surface area contributed by atoms with Crippen LogP contribution in [0.15, 0.2) is 126 Å². The Morgan fingerprint density at radius 1 is 0.585 bits per heavy atom. The molecule has 0 bridgehead atoms. The minimum absolute atomic E-state index is 0.643. The van der Waals surface area contributed by atoms with Gasteiger partial charge in [-0.2, -0.15) is 0 Å². The summed E-state index contributed by atoms with van der Waals surface area (Å²) in [5.74, 6) is 0. The fourth-order valence-corrected chi connectivity index (χ4v) is 7.53. The highest BCUT2D eigenvalue weighted by Gasteiger charge is 2.17. The average Bonchev–Trinajstić information content (AvgIpc) is 3.69. The highest BCUT2D eigenvalue weighted by molar-refractivity contribution is 7.25. The third kappa shape index (κ3) is 3.18. The monoisotopic (exact) mass is 540 g/mol. The molecule has 9 rings (SSSR count). The minimum Gasteiger partial charge on any atom is -0.456 e. The van der Waals surface area contributed by atoms with E-state index in [1.54, 1.807) is 0 Å². The van der Waals surface area contributed by atoms with Gasteiger partial charge in [-0.15, -0.1) is 11.3 Å². The molecule has 0 fully saturated rings. The Labute approximate surface area is 238 Å². The molecule has 190 valence electrons. The Bertz CT molecular complexity index is 2560. The van der Waals surface area contributed by atoms with Crippen molar-refractivity contribution < 1.29 is 4.42 Å². The van der Waals surface area contributed by atoms with Crippen LogP contribution in [-0.4, -0.2) is 4.57 Å². The number of furan rings is 1. The van der Waals surface area contributed by atoms with Crippen LogP contribution in [0.2, 0.25) is 0 Å². The van der Waals surface area contributed by atoms with E-state index < -0.39 is 0 Å². The number of hydrogen-bond donors (Lipinski definition) is 0. The summed E-state index contributed by atoms with van der Waals surface area (Å²) in [5, 5.41) is 7.01. The third-order valence-corrected chi connectivity index (χ3v) is 9.35. The lowest BCUT2D eigenvalue weighted by Crippen LogP contribution is -1.93. The molecule has 4 heteroatoms. The van der Waals surface area contributed by atoms with E-state index in [1.807, 2.05) is 35.6 Å². The molecular formula is C37H20N2OS. The van der Waals surface area contributed by atoms with Crippen molar-refractivity contribution in [2.75, 3.05) is 0 Å². The van der Waals surface area contributed by atoms with Gasteiger partial charge in [-0.3, -0.25) is 0 Å². The number of hydrogen-bond acceptors (Lipinski definition) is 2. The molecule has 0 N–H and O–H groups in total. The number of para-hydroxylation sites is 1. The number of thiophene rings is 1. The van der Waals surface area contributed by atoms with Gasteiger partial charge in [-0.25, -0.2) is 4.85 Å². The summed E-state index contributed by atoms with van der Waals surface area (Å²) in [7, 11) is 0. The van der Waals surface area contributed by atoms with Crippen LogP contribution in [0, 0.1) is 6.57 Å². The Balaban J connectivity index is 1.34. The zero-order chi connectivity index (χ0) is 27.1. The second-order valence-corrected chi connectivity index (χ2v) is 11.5. The van der Waals surface area contributed by atoms with Crippen molar-refractivity contribution in [2.45, 2.75) is 0 Å². The van der Waals surface area contributed by atoms with Crippen LogP contribution in [0.25, 0.3) is 85.6 Å². The van der Waals surface area contributed by atoms with Gasteiger partial charge in [0.15, 0.2) is 5.69 Å². The molecule has 0 saturated heterocycles. The molecule has 3 heterocycles. The van der Waals surface area contributed by atoms with Crippen LogP contribution >= 0.6 is 11.3 Å². The Morgan fingerprint density at radius 2 is 1.34 bits per heavy atom. The number of aromatic nitrogens is 1. The van der Waals surface area contributed by atoms with Crippen molar-refractivity contribution in [1.29, 1.82) is 0 Å². The fourth-order valence-electron chi connectivity index (χ4n) is 6.39. The van der Waals surface area contributed by atoms with Crippen molar-refractivity contribution in [1.82, 2.24) is 4.57 Å². The van der Waals surface area contributed by atoms with Crippen molar-refractivity contribution in [3.05, 3.63) is 133 Å². The molecule has 0 amide bonds. The van der Waals surface area contributed by atoms with E-state index in [4.69, 9.17) is 11.0 Å². The Kier molecular flexibility index (Phi) is 4.55. The van der Waals surface area contributed by atoms with E-state index in [0.717, 1.165) is 49.4 Å². The number of benzene rings is 6. The summed E-state index contributed by atoms with van der Waals surface area (Å²) in [4.78, 5) is 3.76. The van der Waals surface area contributed by atoms with Crippen LogP contribution < -0.4 is 0 Å². The van der Waals surface area contributed by atoms with Gasteiger partial charge in [0, 0.05) is 42.0 Å². The van der Waals surface area contributed by atoms with Gasteiger partial charge in [0.2, 0.25) is 0 Å². The van der Waals surface area contributed by atoms with Crippen LogP contribution in [0.5, 0.6) is 0 Å². The first-order chi connectivity index (χ1) is 20.3. The molecular weight excluding hydrogens is 520 g/mol. The van der Waals surface area contributed by atoms with E-state index in [2.05, 4.69) is 106 Å². The molecule has 9 aromatic rings. The van der Waals surface area contributed by atoms with Crippen molar-refractivity contribution in [2.24, 2.45) is 0 Å². The maximum absolute atomic E-state index is 7.68. The first kappa shape index (κ1) is 22.4. The van der Waals surface area contributed by atoms with Gasteiger partial charge in [-0.05, 0) is 77.2 Å². The minimum atomic E-state index is 0.643. The topological polar surface area (TPSA) is 22.4 Å². The molecule has 41 heavy (non-hydrogen) atoms. The highest BCUT2D eigenvalue weighted by atomic mass is 32.1. The van der Waals surface area contributed by atoms with Crippen LogP contribution in [-0.2, 0) is 0 Å². The Morgan fingerprint density at radius 3 is 2.24 bits per heavy atom. The maximum atomic E-state index is 7.68. The summed E-state index contributed by atoms with van der Waals surface area (Å²) in [5.41, 5.74) is 8.08. The molecule has 6 aromatic carbocycles. The van der Waals surface area contributed by atoms with E-state index in [1.165, 1.54) is 31.3 Å². The predicted molar refractivity (Wildman–Crippen MR) is 173 cm³/mol. The zero-order valence-corrected chi connectivity index (χ0v) is 22.6. The van der Waals surface area contributed by atoms with Crippen LogP contribution in [0.3, 0.4) is 0 Å². The number of nitrogens with zero attached hydrogens (tertiary/aromatic N) is 2. The standard InChI is InChI=1S/C37H20N2OS/c1-38-23-14-17-32-29(20-23)28-19-22(25-9-6-12-36-37(25)27-8-3-5-11-35(27)41-36)13-16-31(28)39(32)24-15-18-34-30(21-24)26-7-2-4-10-33(26)40-34/h2-21H. The molecule has 0 unspecified atom stereocenters. The van der Waals surface area contributed by atoms with Gasteiger partial charge in [-0.1, -0.05) is 60.7 Å². The van der Waals surface area contributed by atoms with E-state index in [-0.39, 0.29) is 0 Å². The molecule has 0 saturated carbocycles. The fraction of sp³-hybridized carbons (Fsp3) is 0. The number of fused-ring (bicyclic) bond motifs is 9. The van der Waals surface area contributed by atoms with E-state index in [0.29, 0.717) is 5.69 Å². The summed E-state index contributed by atoms with van der Waals surface area (Å²) in [6.45, 7) is 7.68. The number of rotatable bonds is 2. The largest absolute Gasteiger partial charge is 0.456 e. The van der Waals surface area contributed by atoms with Gasteiger partial charge >= 0.3 is 0 Å². The van der Waals surface area contributed by atoms with Gasteiger partial charge in [0.1, 0.15) is 11.2 Å². The second-order valence-electron chi connectivity index (χ2n) is 10.4. The summed E-state index contributed by atoms with van der Waals surface area (Å²) in [6.07, 6.45) is 0. The lowest BCUT2D eigenvalue weighted by molar-refractivity contribution is 0.669. The van der Waals surface area contributed by atoms with Gasteiger partial charge in [0.05, 0.1) is 17.6 Å². The van der Waals surface area contributed by atoms with E-state index >= 15 is 0 Å². The van der Waals surface area contributed by atoms with Gasteiger partial charge in [0.25, 0.3) is 0 Å². The zero-order valence-electron chi connectivity index (χ0n) is 21.8. The van der Waals surface area contributed by atoms with Crippen molar-refractivity contribution >= 4 is 80.9 Å². The van der Waals surface area contributed by atoms with Crippen LogP contribution in [0.1, 0.15) is 0 Å². The molecule has 0 aliphatic heterocycles. The average molecular weight is 541 g/mol. The molecule has 3 nitrogen and oxygen atoms in total. The molecule has 0 aliphatic carbocycles. The quantitative estimate of drug-likeness (QED) is 0.200. The first-order valence-corrected chi connectivity index (χ1v) is 14.4. The lowest BCUT2D eigenvalue weighted by Gasteiger charge is -2.09. The Hall–Kier alpha value is -5.37. The maximum Gasteiger partial charge on any atom is 0.188 e. The summed E-state index contributed by atoms with van der Waals surface area (Å²) in [6, 6.07) is 42.6. The molecule has 0 spiro atoms. The van der Waals surface area contributed by atoms with Gasteiger partial charge < -0.3 is 8.98 Å². The predicted octanol–water partition coefficient (Wildman–Crippen LogP) is 11.3. The smallest absolute Gasteiger partial charge is 0.188 e. The molecule has 0 atom stereocenters. The summed E-state index contributed by atoms with van der Waals surface area (Å²) >= 11 is 1.84. The highest BCUT2D eigenvalue weighted by Crippen LogP contribution is 2.42. The molecule has 0 radical (unpaired) electrons. The second kappa shape index (κ2) is 8.32. The summed E-state index contributed by atoms with van der Waals surface area (Å²) < 4.78 is 11.0. The molecule has 3 aromatic heterocycles. The third-order valence-electron chi connectivity index (χ3n) is 8.21. The van der Waals surface area contributed by atoms with Crippen LogP contribution in [0.4, 0.5) is 5.69 Å².